The lowest BCUT2D eigenvalue weighted by Crippen LogP contribution is -2.15. The molecule has 1 atom stereocenters. The van der Waals surface area contributed by atoms with Crippen LogP contribution in [-0.2, 0) is 0 Å². The molecule has 0 fully saturated rings. The first-order valence-corrected chi connectivity index (χ1v) is 6.19. The summed E-state index contributed by atoms with van der Waals surface area (Å²) in [5.74, 6) is 0.514. The van der Waals surface area contributed by atoms with Crippen LogP contribution in [0.2, 0.25) is 0 Å². The molecule has 0 aliphatic rings. The molecule has 0 saturated carbocycles. The van der Waals surface area contributed by atoms with Gasteiger partial charge in [-0.1, -0.05) is 50.6 Å². The van der Waals surface area contributed by atoms with Gasteiger partial charge in [0.1, 0.15) is 0 Å². The predicted molar refractivity (Wildman–Crippen MR) is 71.7 cm³/mol. The summed E-state index contributed by atoms with van der Waals surface area (Å²) in [5, 5.41) is 0. The minimum absolute atomic E-state index is 0.401. The van der Waals surface area contributed by atoms with E-state index in [1.807, 2.05) is 0 Å². The van der Waals surface area contributed by atoms with E-state index in [1.165, 1.54) is 24.0 Å². The molecule has 1 nitrogen and oxygen atoms in total. The summed E-state index contributed by atoms with van der Waals surface area (Å²) < 4.78 is 0. The van der Waals surface area contributed by atoms with E-state index in [-0.39, 0.29) is 0 Å². The normalized spacial score (nSPS) is 13.8. The molecule has 1 aromatic rings. The summed E-state index contributed by atoms with van der Waals surface area (Å²) in [6, 6.07) is 8.79. The molecule has 1 rings (SSSR count). The number of aryl methyl sites for hydroxylation is 1. The highest BCUT2D eigenvalue weighted by molar-refractivity contribution is 5.24. The van der Waals surface area contributed by atoms with Gasteiger partial charge in [0.15, 0.2) is 0 Å². The molecule has 0 amide bonds. The van der Waals surface area contributed by atoms with Crippen LogP contribution in [0.5, 0.6) is 0 Å². The second kappa shape index (κ2) is 5.49. The molecule has 0 aliphatic carbocycles. The van der Waals surface area contributed by atoms with Gasteiger partial charge >= 0.3 is 0 Å². The third kappa shape index (κ3) is 4.36. The zero-order valence-corrected chi connectivity index (χ0v) is 11.1. The van der Waals surface area contributed by atoms with Gasteiger partial charge in [0.2, 0.25) is 0 Å². The summed E-state index contributed by atoms with van der Waals surface area (Å²) in [4.78, 5) is 0. The fourth-order valence-corrected chi connectivity index (χ4v) is 1.87. The highest BCUT2D eigenvalue weighted by Crippen LogP contribution is 2.28. The molecule has 0 spiro atoms. The van der Waals surface area contributed by atoms with Crippen molar-refractivity contribution in [1.82, 2.24) is 0 Å². The fraction of sp³-hybridized carbons (Fsp3) is 0.600. The third-order valence-electron chi connectivity index (χ3n) is 3.08. The Morgan fingerprint density at radius 3 is 2.12 bits per heavy atom. The molecular formula is C15H25N. The highest BCUT2D eigenvalue weighted by atomic mass is 14.5. The van der Waals surface area contributed by atoms with Crippen molar-refractivity contribution in [2.45, 2.75) is 46.5 Å². The van der Waals surface area contributed by atoms with Crippen LogP contribution in [-0.4, -0.2) is 6.54 Å². The number of benzene rings is 1. The van der Waals surface area contributed by atoms with Crippen molar-refractivity contribution in [3.05, 3.63) is 35.4 Å². The van der Waals surface area contributed by atoms with Gasteiger partial charge in [-0.2, -0.15) is 0 Å². The second-order valence-corrected chi connectivity index (χ2v) is 5.94. The molecular weight excluding hydrogens is 194 g/mol. The molecule has 1 aromatic carbocycles. The summed E-state index contributed by atoms with van der Waals surface area (Å²) in [6.07, 6.45) is 2.41. The average Bonchev–Trinajstić information content (AvgIpc) is 2.20. The Morgan fingerprint density at radius 2 is 1.69 bits per heavy atom. The van der Waals surface area contributed by atoms with Gasteiger partial charge in [-0.15, -0.1) is 0 Å². The van der Waals surface area contributed by atoms with E-state index in [0.29, 0.717) is 11.3 Å². The first-order chi connectivity index (χ1) is 7.42. The number of hydrogen-bond donors (Lipinski definition) is 1. The van der Waals surface area contributed by atoms with E-state index in [9.17, 15) is 0 Å². The maximum Gasteiger partial charge on any atom is -0.000823 e. The number of nitrogens with two attached hydrogens (primary N) is 1. The van der Waals surface area contributed by atoms with E-state index in [0.717, 1.165) is 6.54 Å². The Balaban J connectivity index is 2.64. The van der Waals surface area contributed by atoms with E-state index >= 15 is 0 Å². The number of rotatable bonds is 4. The van der Waals surface area contributed by atoms with Crippen LogP contribution >= 0.6 is 0 Å². The zero-order valence-electron chi connectivity index (χ0n) is 11.1. The topological polar surface area (TPSA) is 26.0 Å². The van der Waals surface area contributed by atoms with Crippen LogP contribution in [0.4, 0.5) is 0 Å². The van der Waals surface area contributed by atoms with Gasteiger partial charge in [0.05, 0.1) is 0 Å². The maximum atomic E-state index is 5.87. The van der Waals surface area contributed by atoms with Crippen molar-refractivity contribution < 1.29 is 0 Å². The third-order valence-corrected chi connectivity index (χ3v) is 3.08. The quantitative estimate of drug-likeness (QED) is 0.817. The van der Waals surface area contributed by atoms with E-state index < -0.39 is 0 Å². The Labute approximate surface area is 100 Å². The fourth-order valence-electron chi connectivity index (χ4n) is 1.87. The van der Waals surface area contributed by atoms with Gasteiger partial charge in [-0.25, -0.2) is 0 Å². The van der Waals surface area contributed by atoms with Gasteiger partial charge < -0.3 is 5.73 Å². The molecule has 16 heavy (non-hydrogen) atoms. The Kier molecular flexibility index (Phi) is 4.55. The smallest absolute Gasteiger partial charge is 0.000823 e. The molecule has 0 heterocycles. The van der Waals surface area contributed by atoms with Crippen LogP contribution in [0.15, 0.2) is 24.3 Å². The second-order valence-electron chi connectivity index (χ2n) is 5.94. The molecule has 0 aliphatic heterocycles. The van der Waals surface area contributed by atoms with Crippen molar-refractivity contribution >= 4 is 0 Å². The van der Waals surface area contributed by atoms with Crippen LogP contribution < -0.4 is 5.73 Å². The standard InChI is InChI=1S/C15H25N/c1-12-5-7-13(8-6-12)14(11-16)9-10-15(2,3)4/h5-8,14H,9-11,16H2,1-4H3. The molecule has 1 heteroatoms. The maximum absolute atomic E-state index is 5.87. The van der Waals surface area contributed by atoms with Crippen molar-refractivity contribution in [1.29, 1.82) is 0 Å². The highest BCUT2D eigenvalue weighted by Gasteiger charge is 2.15. The first kappa shape index (κ1) is 13.2. The van der Waals surface area contributed by atoms with Gasteiger partial charge in [0.25, 0.3) is 0 Å². The Morgan fingerprint density at radius 1 is 1.12 bits per heavy atom. The van der Waals surface area contributed by atoms with Gasteiger partial charge in [-0.3, -0.25) is 0 Å². The summed E-state index contributed by atoms with van der Waals surface area (Å²) in [7, 11) is 0. The minimum atomic E-state index is 0.401. The van der Waals surface area contributed by atoms with Crippen LogP contribution in [0.1, 0.15) is 50.7 Å². The molecule has 90 valence electrons. The molecule has 0 bridgehead atoms. The van der Waals surface area contributed by atoms with Crippen LogP contribution in [0.3, 0.4) is 0 Å². The van der Waals surface area contributed by atoms with Gasteiger partial charge in [0, 0.05) is 0 Å². The molecule has 0 aromatic heterocycles. The lowest BCUT2D eigenvalue weighted by Gasteiger charge is -2.22. The summed E-state index contributed by atoms with van der Waals surface area (Å²) >= 11 is 0. The van der Waals surface area contributed by atoms with Gasteiger partial charge in [-0.05, 0) is 43.2 Å². The Hall–Kier alpha value is -0.820. The lowest BCUT2D eigenvalue weighted by atomic mass is 9.84. The average molecular weight is 219 g/mol. The zero-order chi connectivity index (χ0) is 12.2. The molecule has 1 unspecified atom stereocenters. The van der Waals surface area contributed by atoms with Crippen molar-refractivity contribution in [2.24, 2.45) is 11.1 Å². The first-order valence-electron chi connectivity index (χ1n) is 6.19. The molecule has 2 N–H and O–H groups in total. The van der Waals surface area contributed by atoms with Crippen LogP contribution in [0.25, 0.3) is 0 Å². The number of hydrogen-bond acceptors (Lipinski definition) is 1. The van der Waals surface area contributed by atoms with Crippen molar-refractivity contribution in [3.63, 3.8) is 0 Å². The van der Waals surface area contributed by atoms with E-state index in [4.69, 9.17) is 5.73 Å². The van der Waals surface area contributed by atoms with Crippen molar-refractivity contribution in [3.8, 4) is 0 Å². The van der Waals surface area contributed by atoms with Crippen molar-refractivity contribution in [2.75, 3.05) is 6.54 Å². The van der Waals surface area contributed by atoms with E-state index in [1.54, 1.807) is 0 Å². The molecule has 0 saturated heterocycles. The minimum Gasteiger partial charge on any atom is -0.330 e. The Bertz CT molecular complexity index is 305. The summed E-state index contributed by atoms with van der Waals surface area (Å²) in [5.41, 5.74) is 8.97. The largest absolute Gasteiger partial charge is 0.330 e. The predicted octanol–water partition coefficient (Wildman–Crippen LogP) is 3.86. The monoisotopic (exact) mass is 219 g/mol. The summed E-state index contributed by atoms with van der Waals surface area (Å²) in [6.45, 7) is 9.73. The molecule has 0 radical (unpaired) electrons. The lowest BCUT2D eigenvalue weighted by molar-refractivity contribution is 0.349. The van der Waals surface area contributed by atoms with E-state index in [2.05, 4.69) is 52.0 Å². The van der Waals surface area contributed by atoms with Crippen LogP contribution in [0, 0.1) is 12.3 Å². The SMILES string of the molecule is Cc1ccc(C(CN)CCC(C)(C)C)cc1.